The van der Waals surface area contributed by atoms with E-state index in [9.17, 15) is 4.79 Å². The molecule has 2 heteroatoms. The highest BCUT2D eigenvalue weighted by molar-refractivity contribution is 5.51. The van der Waals surface area contributed by atoms with E-state index < -0.39 is 0 Å². The molecule has 0 saturated carbocycles. The highest BCUT2D eigenvalue weighted by Crippen LogP contribution is 2.32. The van der Waals surface area contributed by atoms with Gasteiger partial charge in [0.1, 0.15) is 0 Å². The van der Waals surface area contributed by atoms with Crippen LogP contribution < -0.4 is 0 Å². The summed E-state index contributed by atoms with van der Waals surface area (Å²) < 4.78 is 0. The first-order chi connectivity index (χ1) is 10.9. The van der Waals surface area contributed by atoms with Crippen LogP contribution in [0.1, 0.15) is 22.6 Å². The minimum absolute atomic E-state index is 0.164. The van der Waals surface area contributed by atoms with Gasteiger partial charge in [-0.05, 0) is 28.8 Å². The molecule has 0 aromatic heterocycles. The Morgan fingerprint density at radius 2 is 1.09 bits per heavy atom. The largest absolute Gasteiger partial charge is 0.240 e. The van der Waals surface area contributed by atoms with Gasteiger partial charge in [-0.2, -0.15) is 4.99 Å². The first kappa shape index (κ1) is 14.0. The minimum atomic E-state index is 0.164. The van der Waals surface area contributed by atoms with Crippen molar-refractivity contribution >= 4 is 11.8 Å². The quantitative estimate of drug-likeness (QED) is 0.383. The number of hydrogen-bond acceptors (Lipinski definition) is 2. The van der Waals surface area contributed by atoms with Gasteiger partial charge in [0.05, 0.1) is 5.69 Å². The predicted molar refractivity (Wildman–Crippen MR) is 88.1 cm³/mol. The Kier molecular flexibility index (Phi) is 4.24. The van der Waals surface area contributed by atoms with Gasteiger partial charge in [-0.15, -0.1) is 0 Å². The van der Waals surface area contributed by atoms with E-state index in [1.165, 1.54) is 16.7 Å². The highest BCUT2D eigenvalue weighted by Gasteiger charge is 2.15. The van der Waals surface area contributed by atoms with Crippen molar-refractivity contribution in [3.63, 3.8) is 0 Å². The predicted octanol–water partition coefficient (Wildman–Crippen LogP) is 4.83. The zero-order chi connectivity index (χ0) is 15.2. The summed E-state index contributed by atoms with van der Waals surface area (Å²) in [7, 11) is 0. The second-order valence-electron chi connectivity index (χ2n) is 5.05. The van der Waals surface area contributed by atoms with Crippen molar-refractivity contribution in [2.75, 3.05) is 0 Å². The van der Waals surface area contributed by atoms with Crippen molar-refractivity contribution in [2.45, 2.75) is 5.92 Å². The van der Waals surface area contributed by atoms with E-state index in [-0.39, 0.29) is 5.92 Å². The lowest BCUT2D eigenvalue weighted by Crippen LogP contribution is -2.02. The summed E-state index contributed by atoms with van der Waals surface area (Å²) in [5, 5.41) is 0. The molecule has 0 aliphatic heterocycles. The molecule has 0 spiro atoms. The highest BCUT2D eigenvalue weighted by atomic mass is 16.1. The van der Waals surface area contributed by atoms with Crippen LogP contribution in [0.5, 0.6) is 0 Å². The van der Waals surface area contributed by atoms with Gasteiger partial charge in [-0.25, -0.2) is 4.79 Å². The van der Waals surface area contributed by atoms with Crippen LogP contribution in [-0.2, 0) is 4.79 Å². The molecule has 22 heavy (non-hydrogen) atoms. The Morgan fingerprint density at radius 1 is 0.636 bits per heavy atom. The molecule has 0 saturated heterocycles. The molecular formula is C20H15NO. The van der Waals surface area contributed by atoms with Gasteiger partial charge >= 0.3 is 0 Å². The average molecular weight is 285 g/mol. The summed E-state index contributed by atoms with van der Waals surface area (Å²) in [4.78, 5) is 14.0. The van der Waals surface area contributed by atoms with Gasteiger partial charge < -0.3 is 0 Å². The summed E-state index contributed by atoms with van der Waals surface area (Å²) in [6.45, 7) is 0. The van der Waals surface area contributed by atoms with Crippen LogP contribution in [0, 0.1) is 0 Å². The summed E-state index contributed by atoms with van der Waals surface area (Å²) in [5.74, 6) is 0.164. The van der Waals surface area contributed by atoms with Gasteiger partial charge in [0, 0.05) is 5.92 Å². The molecule has 0 heterocycles. The van der Waals surface area contributed by atoms with Crippen molar-refractivity contribution in [1.82, 2.24) is 0 Å². The van der Waals surface area contributed by atoms with Crippen molar-refractivity contribution in [3.05, 3.63) is 102 Å². The molecule has 0 aliphatic rings. The van der Waals surface area contributed by atoms with E-state index in [1.807, 2.05) is 36.4 Å². The van der Waals surface area contributed by atoms with Crippen LogP contribution in [0.15, 0.2) is 89.9 Å². The van der Waals surface area contributed by atoms with Gasteiger partial charge in [0.2, 0.25) is 6.08 Å². The SMILES string of the molecule is O=C=Nc1ccc(C(c2ccccc2)c2ccccc2)cc1. The minimum Gasteiger partial charge on any atom is -0.211 e. The summed E-state index contributed by atoms with van der Waals surface area (Å²) in [6.07, 6.45) is 1.57. The van der Waals surface area contributed by atoms with Crippen molar-refractivity contribution in [3.8, 4) is 0 Å². The molecule has 2 nitrogen and oxygen atoms in total. The zero-order valence-electron chi connectivity index (χ0n) is 12.0. The third-order valence-corrected chi connectivity index (χ3v) is 3.67. The van der Waals surface area contributed by atoms with Crippen LogP contribution >= 0.6 is 0 Å². The molecular weight excluding hydrogens is 270 g/mol. The van der Waals surface area contributed by atoms with Crippen LogP contribution in [0.25, 0.3) is 0 Å². The normalized spacial score (nSPS) is 10.2. The third-order valence-electron chi connectivity index (χ3n) is 3.67. The Bertz CT molecular complexity index is 733. The number of aliphatic imine (C=N–C) groups is 1. The van der Waals surface area contributed by atoms with Crippen molar-refractivity contribution in [1.29, 1.82) is 0 Å². The standard InChI is InChI=1S/C20H15NO/c22-15-21-19-13-11-18(12-14-19)20(16-7-3-1-4-8-16)17-9-5-2-6-10-17/h1-14,20H. The molecule has 0 N–H and O–H groups in total. The first-order valence-corrected chi connectivity index (χ1v) is 7.16. The number of rotatable bonds is 4. The second kappa shape index (κ2) is 6.66. The third kappa shape index (κ3) is 3.03. The number of nitrogens with zero attached hydrogens (tertiary/aromatic N) is 1. The molecule has 0 fully saturated rings. The molecule has 0 radical (unpaired) electrons. The number of isocyanates is 1. The number of carbonyl (C=O) groups excluding carboxylic acids is 1. The van der Waals surface area contributed by atoms with Gasteiger partial charge in [0.15, 0.2) is 0 Å². The fourth-order valence-corrected chi connectivity index (χ4v) is 2.66. The van der Waals surface area contributed by atoms with E-state index in [4.69, 9.17) is 0 Å². The monoisotopic (exact) mass is 285 g/mol. The summed E-state index contributed by atoms with van der Waals surface area (Å²) >= 11 is 0. The van der Waals surface area contributed by atoms with Crippen molar-refractivity contribution in [2.24, 2.45) is 4.99 Å². The Balaban J connectivity index is 2.07. The Morgan fingerprint density at radius 3 is 1.55 bits per heavy atom. The lowest BCUT2D eigenvalue weighted by atomic mass is 9.85. The molecule has 0 amide bonds. The van der Waals surface area contributed by atoms with Gasteiger partial charge in [-0.1, -0.05) is 72.8 Å². The lowest BCUT2D eigenvalue weighted by molar-refractivity contribution is 0.565. The molecule has 0 bridgehead atoms. The molecule has 0 aliphatic carbocycles. The lowest BCUT2D eigenvalue weighted by Gasteiger charge is -2.18. The van der Waals surface area contributed by atoms with Gasteiger partial charge in [-0.3, -0.25) is 0 Å². The molecule has 3 rings (SSSR count). The second-order valence-corrected chi connectivity index (χ2v) is 5.05. The molecule has 0 unspecified atom stereocenters. The van der Waals surface area contributed by atoms with Crippen LogP contribution in [-0.4, -0.2) is 6.08 Å². The van der Waals surface area contributed by atoms with E-state index >= 15 is 0 Å². The maximum atomic E-state index is 10.3. The van der Waals surface area contributed by atoms with Crippen LogP contribution in [0.4, 0.5) is 5.69 Å². The maximum Gasteiger partial charge on any atom is 0.240 e. The number of hydrogen-bond donors (Lipinski definition) is 0. The molecule has 106 valence electrons. The van der Waals surface area contributed by atoms with E-state index in [0.717, 1.165) is 0 Å². The smallest absolute Gasteiger partial charge is 0.211 e. The zero-order valence-corrected chi connectivity index (χ0v) is 12.0. The fourth-order valence-electron chi connectivity index (χ4n) is 2.66. The molecule has 3 aromatic rings. The van der Waals surface area contributed by atoms with E-state index in [2.05, 4.69) is 53.5 Å². The van der Waals surface area contributed by atoms with Crippen molar-refractivity contribution < 1.29 is 4.79 Å². The number of benzene rings is 3. The summed E-state index contributed by atoms with van der Waals surface area (Å²) in [5.41, 5.74) is 4.27. The van der Waals surface area contributed by atoms with Gasteiger partial charge in [0.25, 0.3) is 0 Å². The summed E-state index contributed by atoms with van der Waals surface area (Å²) in [6, 6.07) is 28.5. The van der Waals surface area contributed by atoms with E-state index in [1.54, 1.807) is 6.08 Å². The topological polar surface area (TPSA) is 29.4 Å². The van der Waals surface area contributed by atoms with E-state index in [0.29, 0.717) is 5.69 Å². The van der Waals surface area contributed by atoms with Crippen LogP contribution in [0.2, 0.25) is 0 Å². The Labute approximate surface area is 129 Å². The van der Waals surface area contributed by atoms with Crippen LogP contribution in [0.3, 0.4) is 0 Å². The molecule has 3 aromatic carbocycles. The fraction of sp³-hybridized carbons (Fsp3) is 0.0500. The average Bonchev–Trinajstić information content (AvgIpc) is 2.59. The maximum absolute atomic E-state index is 10.3. The molecule has 0 atom stereocenters. The Hall–Kier alpha value is -2.96. The first-order valence-electron chi connectivity index (χ1n) is 7.16.